The number of sulfone groups is 1. The van der Waals surface area contributed by atoms with Crippen LogP contribution in [0.15, 0.2) is 92.8 Å². The van der Waals surface area contributed by atoms with Crippen LogP contribution in [0.5, 0.6) is 0 Å². The minimum atomic E-state index is -3.73. The first-order chi connectivity index (χ1) is 14.4. The molecule has 0 atom stereocenters. The molecule has 0 radical (unpaired) electrons. The number of azo groups is 1. The Kier molecular flexibility index (Phi) is 5.61. The van der Waals surface area contributed by atoms with Crippen molar-refractivity contribution >= 4 is 42.8 Å². The SMILES string of the molecule is CN(C)c1ccc(N=NCc2nc3ccccc3s2)c(S(=O)(=O)c2ccccc2)c1. The molecule has 0 unspecified atom stereocenters. The van der Waals surface area contributed by atoms with Crippen LogP contribution in [0.4, 0.5) is 11.4 Å². The van der Waals surface area contributed by atoms with Crippen molar-refractivity contribution in [3.8, 4) is 0 Å². The predicted molar refractivity (Wildman–Crippen MR) is 121 cm³/mol. The van der Waals surface area contributed by atoms with E-state index in [1.165, 1.54) is 0 Å². The first-order valence-corrected chi connectivity index (χ1v) is 11.6. The highest BCUT2D eigenvalue weighted by atomic mass is 32.2. The average Bonchev–Trinajstić information content (AvgIpc) is 3.17. The third-order valence-electron chi connectivity index (χ3n) is 4.53. The molecule has 0 amide bonds. The third-order valence-corrected chi connectivity index (χ3v) is 7.35. The van der Waals surface area contributed by atoms with E-state index in [1.54, 1.807) is 53.8 Å². The van der Waals surface area contributed by atoms with Gasteiger partial charge >= 0.3 is 0 Å². The van der Waals surface area contributed by atoms with E-state index < -0.39 is 9.84 Å². The van der Waals surface area contributed by atoms with Crippen LogP contribution >= 0.6 is 11.3 Å². The molecule has 0 saturated carbocycles. The first-order valence-electron chi connectivity index (χ1n) is 9.28. The van der Waals surface area contributed by atoms with Crippen LogP contribution in [0.1, 0.15) is 5.01 Å². The number of nitrogens with zero attached hydrogens (tertiary/aromatic N) is 4. The number of rotatable bonds is 6. The summed E-state index contributed by atoms with van der Waals surface area (Å²) in [5.41, 5.74) is 2.01. The monoisotopic (exact) mass is 436 g/mol. The van der Waals surface area contributed by atoms with Gasteiger partial charge in [0, 0.05) is 19.8 Å². The average molecular weight is 437 g/mol. The largest absolute Gasteiger partial charge is 0.378 e. The summed E-state index contributed by atoms with van der Waals surface area (Å²) in [6, 6.07) is 21.4. The lowest BCUT2D eigenvalue weighted by molar-refractivity contribution is 0.596. The van der Waals surface area contributed by atoms with Crippen molar-refractivity contribution in [1.82, 2.24) is 4.98 Å². The summed E-state index contributed by atoms with van der Waals surface area (Å²) in [6.07, 6.45) is 0. The second-order valence-corrected chi connectivity index (χ2v) is 9.87. The highest BCUT2D eigenvalue weighted by Crippen LogP contribution is 2.33. The highest BCUT2D eigenvalue weighted by molar-refractivity contribution is 7.91. The Bertz CT molecular complexity index is 1280. The molecule has 0 aliphatic heterocycles. The van der Waals surface area contributed by atoms with Gasteiger partial charge in [0.15, 0.2) is 0 Å². The molecule has 0 aliphatic rings. The number of anilines is 1. The lowest BCUT2D eigenvalue weighted by Gasteiger charge is -2.15. The van der Waals surface area contributed by atoms with Crippen LogP contribution in [0, 0.1) is 0 Å². The van der Waals surface area contributed by atoms with Crippen LogP contribution in [0.25, 0.3) is 10.2 Å². The van der Waals surface area contributed by atoms with Crippen LogP contribution in [-0.4, -0.2) is 27.5 Å². The van der Waals surface area contributed by atoms with Gasteiger partial charge in [-0.25, -0.2) is 13.4 Å². The summed E-state index contributed by atoms with van der Waals surface area (Å²) in [7, 11) is -0.00733. The molecule has 0 N–H and O–H groups in total. The van der Waals surface area contributed by atoms with Gasteiger partial charge in [-0.3, -0.25) is 0 Å². The molecule has 4 aromatic rings. The van der Waals surface area contributed by atoms with Crippen molar-refractivity contribution in [3.05, 3.63) is 77.8 Å². The Morgan fingerprint density at radius 2 is 1.70 bits per heavy atom. The number of aromatic nitrogens is 1. The fourth-order valence-electron chi connectivity index (χ4n) is 2.97. The first kappa shape index (κ1) is 20.2. The van der Waals surface area contributed by atoms with Gasteiger partial charge in [-0.15, -0.1) is 11.3 Å². The van der Waals surface area contributed by atoms with Crippen molar-refractivity contribution in [1.29, 1.82) is 0 Å². The van der Waals surface area contributed by atoms with Gasteiger partial charge in [0.1, 0.15) is 22.1 Å². The zero-order valence-electron chi connectivity index (χ0n) is 16.6. The van der Waals surface area contributed by atoms with Crippen LogP contribution in [-0.2, 0) is 16.4 Å². The van der Waals surface area contributed by atoms with Gasteiger partial charge in [0.2, 0.25) is 9.84 Å². The summed E-state index contributed by atoms with van der Waals surface area (Å²) in [5.74, 6) is 0. The summed E-state index contributed by atoms with van der Waals surface area (Å²) < 4.78 is 27.6. The second-order valence-electron chi connectivity index (χ2n) is 6.84. The van der Waals surface area contributed by atoms with Gasteiger partial charge in [0.25, 0.3) is 0 Å². The maximum Gasteiger partial charge on any atom is 0.208 e. The second kappa shape index (κ2) is 8.33. The zero-order chi connectivity index (χ0) is 21.1. The normalized spacial score (nSPS) is 11.9. The molecule has 8 heteroatoms. The minimum absolute atomic E-state index is 0.132. The molecule has 1 aromatic heterocycles. The number of fused-ring (bicyclic) bond motifs is 1. The molecule has 0 aliphatic carbocycles. The van der Waals surface area contributed by atoms with Crippen LogP contribution in [0.3, 0.4) is 0 Å². The van der Waals surface area contributed by atoms with Crippen molar-refractivity contribution in [2.24, 2.45) is 10.2 Å². The summed E-state index contributed by atoms with van der Waals surface area (Å²) in [6.45, 7) is 0.291. The molecule has 6 nitrogen and oxygen atoms in total. The van der Waals surface area contributed by atoms with Gasteiger partial charge in [0.05, 0.1) is 15.1 Å². The van der Waals surface area contributed by atoms with Crippen molar-refractivity contribution < 1.29 is 8.42 Å². The minimum Gasteiger partial charge on any atom is -0.378 e. The van der Waals surface area contributed by atoms with E-state index in [0.717, 1.165) is 20.9 Å². The predicted octanol–water partition coefficient (Wildman–Crippen LogP) is 5.48. The van der Waals surface area contributed by atoms with Crippen LogP contribution in [0.2, 0.25) is 0 Å². The van der Waals surface area contributed by atoms with E-state index in [-0.39, 0.29) is 9.79 Å². The van der Waals surface area contributed by atoms with E-state index in [9.17, 15) is 8.42 Å². The molecule has 3 aromatic carbocycles. The molecule has 4 rings (SSSR count). The molecule has 0 spiro atoms. The van der Waals surface area contributed by atoms with Gasteiger partial charge < -0.3 is 4.90 Å². The standard InChI is InChI=1S/C22H20N4O2S2/c1-26(2)16-12-13-19(21(14-16)30(27,28)17-8-4-3-5-9-17)25-23-15-22-24-18-10-6-7-11-20(18)29-22/h3-14H,15H2,1-2H3. The maximum absolute atomic E-state index is 13.2. The van der Waals surface area contributed by atoms with E-state index in [4.69, 9.17) is 0 Å². The Hall–Kier alpha value is -3.10. The Morgan fingerprint density at radius 3 is 2.43 bits per heavy atom. The lowest BCUT2D eigenvalue weighted by atomic mass is 10.3. The summed E-state index contributed by atoms with van der Waals surface area (Å²) in [4.78, 5) is 6.75. The van der Waals surface area contributed by atoms with Gasteiger partial charge in [-0.1, -0.05) is 30.3 Å². The number of thiazole rings is 1. The Labute approximate surface area is 179 Å². The molecule has 0 bridgehead atoms. The molecular formula is C22H20N4O2S2. The van der Waals surface area contributed by atoms with E-state index in [1.807, 2.05) is 49.3 Å². The van der Waals surface area contributed by atoms with E-state index in [2.05, 4.69) is 15.2 Å². The summed E-state index contributed by atoms with van der Waals surface area (Å²) >= 11 is 1.56. The molecule has 1 heterocycles. The van der Waals surface area contributed by atoms with Gasteiger partial charge in [-0.05, 0) is 42.5 Å². The summed E-state index contributed by atoms with van der Waals surface area (Å²) in [5, 5.41) is 9.33. The van der Waals surface area contributed by atoms with E-state index in [0.29, 0.717) is 12.2 Å². The molecule has 152 valence electrons. The quantitative estimate of drug-likeness (QED) is 0.375. The number of hydrogen-bond acceptors (Lipinski definition) is 7. The van der Waals surface area contributed by atoms with Crippen LogP contribution < -0.4 is 4.90 Å². The van der Waals surface area contributed by atoms with E-state index >= 15 is 0 Å². The highest BCUT2D eigenvalue weighted by Gasteiger charge is 2.22. The molecule has 0 saturated heterocycles. The zero-order valence-corrected chi connectivity index (χ0v) is 18.2. The number of para-hydroxylation sites is 1. The molecular weight excluding hydrogens is 416 g/mol. The topological polar surface area (TPSA) is 75.0 Å². The van der Waals surface area contributed by atoms with Crippen molar-refractivity contribution in [2.75, 3.05) is 19.0 Å². The number of benzene rings is 3. The van der Waals surface area contributed by atoms with Gasteiger partial charge in [-0.2, -0.15) is 10.2 Å². The maximum atomic E-state index is 13.2. The smallest absolute Gasteiger partial charge is 0.208 e. The third kappa shape index (κ3) is 4.10. The number of hydrogen-bond donors (Lipinski definition) is 0. The molecule has 0 fully saturated rings. The fraction of sp³-hybridized carbons (Fsp3) is 0.136. The Morgan fingerprint density at radius 1 is 0.967 bits per heavy atom. The molecule has 30 heavy (non-hydrogen) atoms. The Balaban J connectivity index is 1.69. The van der Waals surface area contributed by atoms with Crippen molar-refractivity contribution in [3.63, 3.8) is 0 Å². The fourth-order valence-corrected chi connectivity index (χ4v) is 5.28. The van der Waals surface area contributed by atoms with Crippen molar-refractivity contribution in [2.45, 2.75) is 16.3 Å². The lowest BCUT2D eigenvalue weighted by Crippen LogP contribution is -2.10.